The molecule has 2 heterocycles. The van der Waals surface area contributed by atoms with E-state index < -0.39 is 39.8 Å². The molecule has 1 aromatic rings. The Morgan fingerprint density at radius 1 is 1.57 bits per heavy atom. The van der Waals surface area contributed by atoms with E-state index in [0.717, 1.165) is 10.8 Å². The van der Waals surface area contributed by atoms with E-state index in [4.69, 9.17) is 4.74 Å². The number of aliphatic hydroxyl groups excluding tert-OH is 1. The number of H-pyrrole nitrogens is 1. The molecule has 0 amide bonds. The number of ether oxygens (including phenoxy) is 1. The molecular formula is C12H15BrN2O7S. The van der Waals surface area contributed by atoms with Crippen molar-refractivity contribution in [1.82, 2.24) is 9.55 Å². The summed E-state index contributed by atoms with van der Waals surface area (Å²) in [5, 5.41) is 9.93. The van der Waals surface area contributed by atoms with E-state index in [9.17, 15) is 23.1 Å². The third-order valence-corrected chi connectivity index (χ3v) is 4.03. The maximum Gasteiger partial charge on any atom is 0.330 e. The lowest BCUT2D eigenvalue weighted by atomic mass is 10.2. The summed E-state index contributed by atoms with van der Waals surface area (Å²) in [6.45, 7) is -0.358. The molecule has 0 radical (unpaired) electrons. The van der Waals surface area contributed by atoms with Crippen LogP contribution >= 0.6 is 15.9 Å². The third-order valence-electron chi connectivity index (χ3n) is 3.20. The number of aromatic nitrogens is 2. The molecule has 1 fully saturated rings. The van der Waals surface area contributed by atoms with Gasteiger partial charge in [0.25, 0.3) is 15.7 Å². The second-order valence-electron chi connectivity index (χ2n) is 4.96. The SMILES string of the molecule is CS(=O)(=O)OC[C@H]1O[C@@H](n2cc(/C=C/Br)c(=O)[nH]c2=O)C[C@@H]1O. The molecule has 0 saturated carbocycles. The van der Waals surface area contributed by atoms with Crippen molar-refractivity contribution in [2.24, 2.45) is 0 Å². The van der Waals surface area contributed by atoms with E-state index in [2.05, 4.69) is 25.1 Å². The first kappa shape index (κ1) is 18.1. The molecule has 1 aromatic heterocycles. The van der Waals surface area contributed by atoms with Crippen molar-refractivity contribution >= 4 is 32.1 Å². The van der Waals surface area contributed by atoms with Gasteiger partial charge < -0.3 is 9.84 Å². The van der Waals surface area contributed by atoms with Gasteiger partial charge >= 0.3 is 5.69 Å². The summed E-state index contributed by atoms with van der Waals surface area (Å²) in [7, 11) is -3.67. The average Bonchev–Trinajstić information content (AvgIpc) is 2.80. The fourth-order valence-electron chi connectivity index (χ4n) is 2.13. The Bertz CT molecular complexity index is 813. The van der Waals surface area contributed by atoms with Gasteiger partial charge in [-0.2, -0.15) is 8.42 Å². The molecule has 2 N–H and O–H groups in total. The Morgan fingerprint density at radius 2 is 2.26 bits per heavy atom. The van der Waals surface area contributed by atoms with Crippen molar-refractivity contribution in [2.75, 3.05) is 12.9 Å². The summed E-state index contributed by atoms with van der Waals surface area (Å²) in [5.74, 6) is 0. The quantitative estimate of drug-likeness (QED) is 0.627. The molecule has 128 valence electrons. The maximum absolute atomic E-state index is 11.9. The lowest BCUT2D eigenvalue weighted by Crippen LogP contribution is -2.33. The third kappa shape index (κ3) is 4.61. The summed E-state index contributed by atoms with van der Waals surface area (Å²) in [5.41, 5.74) is -1.03. The molecule has 1 aliphatic heterocycles. The summed E-state index contributed by atoms with van der Waals surface area (Å²) in [6, 6.07) is 0. The van der Waals surface area contributed by atoms with Crippen LogP contribution in [0, 0.1) is 0 Å². The first-order valence-corrected chi connectivity index (χ1v) is 9.24. The van der Waals surface area contributed by atoms with Gasteiger partial charge in [0.2, 0.25) is 0 Å². The predicted molar refractivity (Wildman–Crippen MR) is 84.6 cm³/mol. The molecule has 2 rings (SSSR count). The van der Waals surface area contributed by atoms with Crippen LogP contribution in [0.15, 0.2) is 20.8 Å². The Balaban J connectivity index is 2.22. The van der Waals surface area contributed by atoms with Crippen molar-refractivity contribution in [3.63, 3.8) is 0 Å². The van der Waals surface area contributed by atoms with Gasteiger partial charge in [0.1, 0.15) is 12.3 Å². The number of aliphatic hydroxyl groups is 1. The van der Waals surface area contributed by atoms with Crippen molar-refractivity contribution in [3.8, 4) is 0 Å². The highest BCUT2D eigenvalue weighted by Crippen LogP contribution is 2.28. The van der Waals surface area contributed by atoms with Crippen LogP contribution in [0.1, 0.15) is 18.2 Å². The van der Waals surface area contributed by atoms with Crippen LogP contribution < -0.4 is 11.2 Å². The minimum Gasteiger partial charge on any atom is -0.390 e. The minimum atomic E-state index is -3.67. The number of nitrogens with one attached hydrogen (secondary N) is 1. The standard InChI is InChI=1S/C12H15BrN2O7S/c1-23(19,20)21-6-9-8(16)4-10(22-9)15-5-7(2-3-13)11(17)14-12(15)18/h2-3,5,8-10,16H,4,6H2,1H3,(H,14,17,18)/b3-2+/t8-,9+,10+/m0/s1. The van der Waals surface area contributed by atoms with Gasteiger partial charge in [0, 0.05) is 12.6 Å². The number of halogens is 1. The number of nitrogens with zero attached hydrogens (tertiary/aromatic N) is 1. The summed E-state index contributed by atoms with van der Waals surface area (Å²) in [4.78, 5) is 27.1. The van der Waals surface area contributed by atoms with Gasteiger partial charge in [-0.15, -0.1) is 0 Å². The van der Waals surface area contributed by atoms with Crippen molar-refractivity contribution < 1.29 is 22.4 Å². The fraction of sp³-hybridized carbons (Fsp3) is 0.500. The molecule has 0 aliphatic carbocycles. The number of hydrogen-bond acceptors (Lipinski definition) is 7. The van der Waals surface area contributed by atoms with Gasteiger partial charge in [-0.1, -0.05) is 15.9 Å². The first-order chi connectivity index (χ1) is 10.7. The Kier molecular flexibility index (Phi) is 5.57. The van der Waals surface area contributed by atoms with Crippen LogP contribution in [0.3, 0.4) is 0 Å². The van der Waals surface area contributed by atoms with Gasteiger partial charge in [0.15, 0.2) is 0 Å². The predicted octanol–water partition coefficient (Wildman–Crippen LogP) is -0.473. The zero-order valence-electron chi connectivity index (χ0n) is 12.0. The smallest absolute Gasteiger partial charge is 0.330 e. The Hall–Kier alpha value is -1.27. The average molecular weight is 411 g/mol. The molecule has 1 aliphatic rings. The topological polar surface area (TPSA) is 128 Å². The molecule has 9 nitrogen and oxygen atoms in total. The van der Waals surface area contributed by atoms with E-state index >= 15 is 0 Å². The molecule has 0 bridgehead atoms. The largest absolute Gasteiger partial charge is 0.390 e. The number of rotatable bonds is 5. The molecule has 0 aromatic carbocycles. The molecule has 23 heavy (non-hydrogen) atoms. The lowest BCUT2D eigenvalue weighted by molar-refractivity contribution is -0.0398. The number of aromatic amines is 1. The Labute approximate surface area is 139 Å². The van der Waals surface area contributed by atoms with E-state index in [1.807, 2.05) is 0 Å². The van der Waals surface area contributed by atoms with E-state index in [0.29, 0.717) is 0 Å². The molecular weight excluding hydrogens is 396 g/mol. The second kappa shape index (κ2) is 7.09. The second-order valence-corrected chi connectivity index (χ2v) is 7.14. The highest BCUT2D eigenvalue weighted by molar-refractivity contribution is 9.11. The fourth-order valence-corrected chi connectivity index (χ4v) is 2.79. The summed E-state index contributed by atoms with van der Waals surface area (Å²) in [6.07, 6.45) is 0.947. The van der Waals surface area contributed by atoms with Crippen LogP contribution in [0.25, 0.3) is 6.08 Å². The van der Waals surface area contributed by atoms with Crippen molar-refractivity contribution in [1.29, 1.82) is 0 Å². The molecule has 0 unspecified atom stereocenters. The minimum absolute atomic E-state index is 0.0568. The van der Waals surface area contributed by atoms with Crippen molar-refractivity contribution in [2.45, 2.75) is 24.9 Å². The molecule has 11 heteroatoms. The van der Waals surface area contributed by atoms with Gasteiger partial charge in [-0.25, -0.2) is 4.79 Å². The monoisotopic (exact) mass is 410 g/mol. The van der Waals surface area contributed by atoms with Crippen LogP contribution in [0.2, 0.25) is 0 Å². The zero-order valence-corrected chi connectivity index (χ0v) is 14.4. The lowest BCUT2D eigenvalue weighted by Gasteiger charge is -2.15. The van der Waals surface area contributed by atoms with Gasteiger partial charge in [0.05, 0.1) is 24.5 Å². The van der Waals surface area contributed by atoms with E-state index in [1.54, 1.807) is 0 Å². The van der Waals surface area contributed by atoms with Gasteiger partial charge in [-0.3, -0.25) is 18.5 Å². The van der Waals surface area contributed by atoms with Crippen LogP contribution in [-0.2, 0) is 19.0 Å². The summed E-state index contributed by atoms with van der Waals surface area (Å²) < 4.78 is 33.2. The van der Waals surface area contributed by atoms with E-state index in [-0.39, 0.29) is 18.6 Å². The van der Waals surface area contributed by atoms with Crippen LogP contribution in [0.4, 0.5) is 0 Å². The highest BCUT2D eigenvalue weighted by atomic mass is 79.9. The van der Waals surface area contributed by atoms with Crippen LogP contribution in [0.5, 0.6) is 0 Å². The molecule has 0 spiro atoms. The van der Waals surface area contributed by atoms with Crippen LogP contribution in [-0.4, -0.2) is 48.1 Å². The maximum atomic E-state index is 11.9. The Morgan fingerprint density at radius 3 is 2.87 bits per heavy atom. The summed E-state index contributed by atoms with van der Waals surface area (Å²) >= 11 is 3.04. The highest BCUT2D eigenvalue weighted by Gasteiger charge is 2.36. The first-order valence-electron chi connectivity index (χ1n) is 6.51. The molecule has 1 saturated heterocycles. The number of hydrogen-bond donors (Lipinski definition) is 2. The van der Waals surface area contributed by atoms with E-state index in [1.165, 1.54) is 17.3 Å². The zero-order chi connectivity index (χ0) is 17.2. The van der Waals surface area contributed by atoms with Gasteiger partial charge in [-0.05, 0) is 11.1 Å². The molecule has 3 atom stereocenters. The van der Waals surface area contributed by atoms with Crippen molar-refractivity contribution in [3.05, 3.63) is 37.6 Å². The normalized spacial score (nSPS) is 25.3.